The van der Waals surface area contributed by atoms with Crippen LogP contribution in [0.2, 0.25) is 5.02 Å². The third-order valence-electron chi connectivity index (χ3n) is 4.09. The molecule has 3 aromatic rings. The van der Waals surface area contributed by atoms with Gasteiger partial charge in [0.05, 0.1) is 0 Å². The van der Waals surface area contributed by atoms with Crippen LogP contribution in [0.25, 0.3) is 11.4 Å². The summed E-state index contributed by atoms with van der Waals surface area (Å²) in [4.78, 5) is 28.6. The SMILES string of the molecule is CC(C)NC(=O)Nc1ccc(C(=O)N[C@H](C)c2nc(-c3ccc(Cl)cc3)no2)cc1. The van der Waals surface area contributed by atoms with Gasteiger partial charge < -0.3 is 20.5 Å². The molecule has 0 spiro atoms. The molecular weight excluding hydrogens is 406 g/mol. The number of amides is 3. The van der Waals surface area contributed by atoms with E-state index in [1.165, 1.54) is 0 Å². The second kappa shape index (κ2) is 9.41. The first kappa shape index (κ1) is 21.3. The Morgan fingerprint density at radius 3 is 2.27 bits per heavy atom. The molecule has 0 aliphatic rings. The topological polar surface area (TPSA) is 109 Å². The van der Waals surface area contributed by atoms with E-state index in [4.69, 9.17) is 16.1 Å². The van der Waals surface area contributed by atoms with Crippen LogP contribution < -0.4 is 16.0 Å². The second-order valence-corrected chi connectivity index (χ2v) is 7.43. The molecule has 1 aromatic heterocycles. The van der Waals surface area contributed by atoms with Crippen LogP contribution in [0.5, 0.6) is 0 Å². The molecule has 1 atom stereocenters. The number of halogens is 1. The van der Waals surface area contributed by atoms with Crippen molar-refractivity contribution in [1.29, 1.82) is 0 Å². The number of carbonyl (C=O) groups excluding carboxylic acids is 2. The summed E-state index contributed by atoms with van der Waals surface area (Å²) in [6.07, 6.45) is 0. The maximum absolute atomic E-state index is 12.5. The average molecular weight is 428 g/mol. The van der Waals surface area contributed by atoms with Crippen LogP contribution >= 0.6 is 11.6 Å². The quantitative estimate of drug-likeness (QED) is 0.539. The Labute approximate surface area is 179 Å². The van der Waals surface area contributed by atoms with E-state index in [0.717, 1.165) is 5.56 Å². The lowest BCUT2D eigenvalue weighted by atomic mass is 10.2. The van der Waals surface area contributed by atoms with Crippen molar-refractivity contribution < 1.29 is 14.1 Å². The molecule has 3 rings (SSSR count). The van der Waals surface area contributed by atoms with Crippen LogP contribution in [0.4, 0.5) is 10.5 Å². The number of anilines is 1. The van der Waals surface area contributed by atoms with Gasteiger partial charge in [-0.3, -0.25) is 4.79 Å². The smallest absolute Gasteiger partial charge is 0.319 e. The fraction of sp³-hybridized carbons (Fsp3) is 0.238. The fourth-order valence-electron chi connectivity index (χ4n) is 2.60. The Morgan fingerprint density at radius 2 is 1.63 bits per heavy atom. The molecule has 3 N–H and O–H groups in total. The summed E-state index contributed by atoms with van der Waals surface area (Å²) >= 11 is 5.89. The summed E-state index contributed by atoms with van der Waals surface area (Å²) in [5, 5.41) is 12.8. The molecule has 30 heavy (non-hydrogen) atoms. The Balaban J connectivity index is 1.60. The highest BCUT2D eigenvalue weighted by molar-refractivity contribution is 6.30. The summed E-state index contributed by atoms with van der Waals surface area (Å²) in [6, 6.07) is 12.9. The van der Waals surface area contributed by atoms with E-state index in [2.05, 4.69) is 26.1 Å². The normalized spacial score (nSPS) is 11.8. The van der Waals surface area contributed by atoms with Gasteiger partial charge in [0.2, 0.25) is 11.7 Å². The molecule has 8 nitrogen and oxygen atoms in total. The number of rotatable bonds is 6. The number of aromatic nitrogens is 2. The Hall–Kier alpha value is -3.39. The van der Waals surface area contributed by atoms with E-state index >= 15 is 0 Å². The molecule has 0 saturated carbocycles. The van der Waals surface area contributed by atoms with Crippen molar-refractivity contribution in [2.75, 3.05) is 5.32 Å². The Morgan fingerprint density at radius 1 is 0.967 bits per heavy atom. The van der Waals surface area contributed by atoms with Crippen LogP contribution in [0.3, 0.4) is 0 Å². The van der Waals surface area contributed by atoms with Crippen LogP contribution in [0.15, 0.2) is 53.1 Å². The molecule has 0 aliphatic heterocycles. The summed E-state index contributed by atoms with van der Waals surface area (Å²) in [5.41, 5.74) is 1.79. The monoisotopic (exact) mass is 427 g/mol. The van der Waals surface area contributed by atoms with Gasteiger partial charge in [-0.25, -0.2) is 4.79 Å². The highest BCUT2D eigenvalue weighted by atomic mass is 35.5. The number of carbonyl (C=O) groups is 2. The van der Waals surface area contributed by atoms with Gasteiger partial charge in [0.25, 0.3) is 5.91 Å². The van der Waals surface area contributed by atoms with Gasteiger partial charge in [0.15, 0.2) is 0 Å². The zero-order valence-corrected chi connectivity index (χ0v) is 17.5. The maximum Gasteiger partial charge on any atom is 0.319 e. The first-order valence-corrected chi connectivity index (χ1v) is 9.77. The second-order valence-electron chi connectivity index (χ2n) is 6.99. The zero-order valence-electron chi connectivity index (χ0n) is 16.8. The van der Waals surface area contributed by atoms with E-state index in [0.29, 0.717) is 22.1 Å². The Kier molecular flexibility index (Phi) is 6.68. The molecule has 0 radical (unpaired) electrons. The summed E-state index contributed by atoms with van der Waals surface area (Å²) in [6.45, 7) is 5.50. The molecule has 0 bridgehead atoms. The van der Waals surface area contributed by atoms with E-state index in [9.17, 15) is 9.59 Å². The van der Waals surface area contributed by atoms with Crippen molar-refractivity contribution in [3.05, 3.63) is 65.0 Å². The van der Waals surface area contributed by atoms with Crippen LogP contribution in [-0.4, -0.2) is 28.1 Å². The lowest BCUT2D eigenvalue weighted by Crippen LogP contribution is -2.34. The third-order valence-corrected chi connectivity index (χ3v) is 4.34. The van der Waals surface area contributed by atoms with E-state index < -0.39 is 6.04 Å². The van der Waals surface area contributed by atoms with E-state index in [1.54, 1.807) is 55.5 Å². The summed E-state index contributed by atoms with van der Waals surface area (Å²) in [5.74, 6) is 0.404. The van der Waals surface area contributed by atoms with Crippen molar-refractivity contribution in [3.63, 3.8) is 0 Å². The average Bonchev–Trinajstić information content (AvgIpc) is 3.18. The van der Waals surface area contributed by atoms with Gasteiger partial charge in [-0.15, -0.1) is 0 Å². The lowest BCUT2D eigenvalue weighted by molar-refractivity contribution is 0.0932. The third kappa shape index (κ3) is 5.57. The molecule has 1 heterocycles. The fourth-order valence-corrected chi connectivity index (χ4v) is 2.73. The number of nitrogens with one attached hydrogen (secondary N) is 3. The van der Waals surface area contributed by atoms with Gasteiger partial charge in [0.1, 0.15) is 6.04 Å². The minimum atomic E-state index is -0.485. The molecule has 0 unspecified atom stereocenters. The molecule has 0 aliphatic carbocycles. The molecule has 2 aromatic carbocycles. The maximum atomic E-state index is 12.5. The standard InChI is InChI=1S/C21H22ClN5O3/c1-12(2)23-21(29)25-17-10-6-15(7-11-17)19(28)24-13(3)20-26-18(27-30-20)14-4-8-16(22)9-5-14/h4-13H,1-3H3,(H,24,28)(H2,23,25,29)/t13-/m1/s1. The van der Waals surface area contributed by atoms with Gasteiger partial charge in [-0.1, -0.05) is 16.8 Å². The van der Waals surface area contributed by atoms with Gasteiger partial charge >= 0.3 is 6.03 Å². The first-order valence-electron chi connectivity index (χ1n) is 9.40. The molecule has 3 amide bonds. The molecule has 156 valence electrons. The highest BCUT2D eigenvalue weighted by Gasteiger charge is 2.18. The first-order chi connectivity index (χ1) is 14.3. The van der Waals surface area contributed by atoms with Crippen LogP contribution in [0, 0.1) is 0 Å². The van der Waals surface area contributed by atoms with Crippen LogP contribution in [0.1, 0.15) is 43.1 Å². The van der Waals surface area contributed by atoms with Crippen LogP contribution in [-0.2, 0) is 0 Å². The summed E-state index contributed by atoms with van der Waals surface area (Å²) < 4.78 is 5.28. The highest BCUT2D eigenvalue weighted by Crippen LogP contribution is 2.21. The predicted molar refractivity (Wildman–Crippen MR) is 114 cm³/mol. The Bertz CT molecular complexity index is 1020. The van der Waals surface area contributed by atoms with Gasteiger partial charge in [-0.05, 0) is 69.3 Å². The number of urea groups is 1. The van der Waals surface area contributed by atoms with E-state index in [-0.39, 0.29) is 23.9 Å². The molecule has 9 heteroatoms. The van der Waals surface area contributed by atoms with Crippen molar-refractivity contribution in [1.82, 2.24) is 20.8 Å². The largest absolute Gasteiger partial charge is 0.341 e. The minimum absolute atomic E-state index is 0.0291. The molecule has 0 fully saturated rings. The van der Waals surface area contributed by atoms with Gasteiger partial charge in [0, 0.05) is 27.9 Å². The van der Waals surface area contributed by atoms with Gasteiger partial charge in [-0.2, -0.15) is 4.98 Å². The zero-order chi connectivity index (χ0) is 21.7. The number of benzene rings is 2. The van der Waals surface area contributed by atoms with Crippen molar-refractivity contribution in [2.45, 2.75) is 32.9 Å². The molecule has 0 saturated heterocycles. The van der Waals surface area contributed by atoms with Crippen molar-refractivity contribution in [2.24, 2.45) is 0 Å². The van der Waals surface area contributed by atoms with Crippen molar-refractivity contribution >= 4 is 29.2 Å². The number of hydrogen-bond donors (Lipinski definition) is 3. The van der Waals surface area contributed by atoms with Crippen molar-refractivity contribution in [3.8, 4) is 11.4 Å². The summed E-state index contributed by atoms with van der Waals surface area (Å²) in [7, 11) is 0. The number of hydrogen-bond acceptors (Lipinski definition) is 5. The number of nitrogens with zero attached hydrogens (tertiary/aromatic N) is 2. The predicted octanol–water partition coefficient (Wildman–Crippen LogP) is 4.41. The lowest BCUT2D eigenvalue weighted by Gasteiger charge is -2.12. The molecular formula is C21H22ClN5O3. The van der Waals surface area contributed by atoms with E-state index in [1.807, 2.05) is 13.8 Å². The minimum Gasteiger partial charge on any atom is -0.341 e.